The van der Waals surface area contributed by atoms with Crippen molar-refractivity contribution in [2.24, 2.45) is 0 Å². The minimum atomic E-state index is -0.354. The number of halogens is 1. The number of rotatable bonds is 7. The number of amides is 1. The van der Waals surface area contributed by atoms with Gasteiger partial charge in [0.25, 0.3) is 0 Å². The van der Waals surface area contributed by atoms with E-state index in [0.717, 1.165) is 10.0 Å². The molecule has 1 aromatic carbocycles. The van der Waals surface area contributed by atoms with Crippen molar-refractivity contribution in [1.29, 1.82) is 0 Å². The minimum Gasteiger partial charge on any atom is -0.466 e. The lowest BCUT2D eigenvalue weighted by Gasteiger charge is -2.00. The molecule has 0 fully saturated rings. The molecular weight excluding hydrogens is 436 g/mol. The third-order valence-electron chi connectivity index (χ3n) is 3.27. The van der Waals surface area contributed by atoms with E-state index >= 15 is 0 Å². The fourth-order valence-electron chi connectivity index (χ4n) is 2.12. The summed E-state index contributed by atoms with van der Waals surface area (Å²) >= 11 is 4.60. The van der Waals surface area contributed by atoms with E-state index in [1.54, 1.807) is 12.3 Å². The standard InChI is InChI=1S/C16H15BrN6O3S/c1-2-26-14(25)7-12-9-27-16(18-12)19-13(24)8-23-21-15(20-22-23)10-3-5-11(17)6-4-10/h3-6,9H,2,7-8H2,1H3,(H,18,19,24). The van der Waals surface area contributed by atoms with Gasteiger partial charge in [-0.05, 0) is 36.4 Å². The van der Waals surface area contributed by atoms with Gasteiger partial charge in [-0.3, -0.25) is 9.59 Å². The average molecular weight is 451 g/mol. The van der Waals surface area contributed by atoms with Gasteiger partial charge >= 0.3 is 5.97 Å². The summed E-state index contributed by atoms with van der Waals surface area (Å²) in [4.78, 5) is 29.0. The molecule has 1 N–H and O–H groups in total. The maximum atomic E-state index is 12.1. The van der Waals surface area contributed by atoms with E-state index in [4.69, 9.17) is 4.74 Å². The molecule has 0 saturated carbocycles. The number of tetrazole rings is 1. The van der Waals surface area contributed by atoms with Crippen molar-refractivity contribution in [3.05, 3.63) is 39.8 Å². The van der Waals surface area contributed by atoms with Gasteiger partial charge in [-0.25, -0.2) is 4.98 Å². The lowest BCUT2D eigenvalue weighted by molar-refractivity contribution is -0.142. The van der Waals surface area contributed by atoms with E-state index in [1.165, 1.54) is 16.1 Å². The monoisotopic (exact) mass is 450 g/mol. The molecule has 0 aliphatic rings. The Morgan fingerprint density at radius 3 is 2.81 bits per heavy atom. The molecule has 3 aromatic rings. The summed E-state index contributed by atoms with van der Waals surface area (Å²) in [6.45, 7) is 1.96. The summed E-state index contributed by atoms with van der Waals surface area (Å²) in [7, 11) is 0. The highest BCUT2D eigenvalue weighted by Gasteiger charge is 2.13. The van der Waals surface area contributed by atoms with Gasteiger partial charge in [0.2, 0.25) is 11.7 Å². The predicted molar refractivity (Wildman–Crippen MR) is 102 cm³/mol. The van der Waals surface area contributed by atoms with Crippen LogP contribution in [0.4, 0.5) is 5.13 Å². The smallest absolute Gasteiger partial charge is 0.311 e. The van der Waals surface area contributed by atoms with E-state index in [1.807, 2.05) is 24.3 Å². The number of nitrogens with zero attached hydrogens (tertiary/aromatic N) is 5. The van der Waals surface area contributed by atoms with Crippen molar-refractivity contribution >= 4 is 44.3 Å². The van der Waals surface area contributed by atoms with Crippen LogP contribution in [0.2, 0.25) is 0 Å². The van der Waals surface area contributed by atoms with E-state index in [2.05, 4.69) is 41.6 Å². The molecule has 0 atom stereocenters. The molecule has 0 aliphatic heterocycles. The van der Waals surface area contributed by atoms with Crippen molar-refractivity contribution in [1.82, 2.24) is 25.2 Å². The normalized spacial score (nSPS) is 10.6. The van der Waals surface area contributed by atoms with Gasteiger partial charge in [0.15, 0.2) is 5.13 Å². The largest absolute Gasteiger partial charge is 0.466 e. The number of anilines is 1. The molecule has 2 aromatic heterocycles. The SMILES string of the molecule is CCOC(=O)Cc1csc(NC(=O)Cn2nnc(-c3ccc(Br)cc3)n2)n1. The number of benzene rings is 1. The zero-order chi connectivity index (χ0) is 19.2. The number of nitrogens with one attached hydrogen (secondary N) is 1. The van der Waals surface area contributed by atoms with E-state index in [-0.39, 0.29) is 24.8 Å². The first-order valence-corrected chi connectivity index (χ1v) is 9.64. The number of aromatic nitrogens is 5. The van der Waals surface area contributed by atoms with Gasteiger partial charge in [0.1, 0.15) is 6.54 Å². The van der Waals surface area contributed by atoms with Crippen LogP contribution in [0.25, 0.3) is 11.4 Å². The molecule has 0 bridgehead atoms. The highest BCUT2D eigenvalue weighted by atomic mass is 79.9. The topological polar surface area (TPSA) is 112 Å². The minimum absolute atomic E-state index is 0.0708. The second kappa shape index (κ2) is 8.82. The zero-order valence-electron chi connectivity index (χ0n) is 14.3. The molecule has 0 radical (unpaired) electrons. The van der Waals surface area contributed by atoms with Crippen LogP contribution in [0.3, 0.4) is 0 Å². The van der Waals surface area contributed by atoms with Crippen molar-refractivity contribution in [2.45, 2.75) is 19.9 Å². The molecule has 11 heteroatoms. The van der Waals surface area contributed by atoms with Crippen molar-refractivity contribution in [2.75, 3.05) is 11.9 Å². The van der Waals surface area contributed by atoms with Gasteiger partial charge in [-0.1, -0.05) is 15.9 Å². The lowest BCUT2D eigenvalue weighted by atomic mass is 10.2. The van der Waals surface area contributed by atoms with Gasteiger partial charge in [0.05, 0.1) is 18.7 Å². The van der Waals surface area contributed by atoms with E-state index in [0.29, 0.717) is 23.3 Å². The first-order valence-electron chi connectivity index (χ1n) is 7.97. The summed E-state index contributed by atoms with van der Waals surface area (Å²) in [5.74, 6) is -0.263. The van der Waals surface area contributed by atoms with E-state index in [9.17, 15) is 9.59 Å². The highest BCUT2D eigenvalue weighted by Crippen LogP contribution is 2.18. The summed E-state index contributed by atoms with van der Waals surface area (Å²) < 4.78 is 5.82. The van der Waals surface area contributed by atoms with Crippen LogP contribution in [0.15, 0.2) is 34.1 Å². The second-order valence-corrected chi connectivity index (χ2v) is 7.10. The number of carbonyl (C=O) groups excluding carboxylic acids is 2. The maximum Gasteiger partial charge on any atom is 0.311 e. The number of hydrogen-bond acceptors (Lipinski definition) is 8. The second-order valence-electron chi connectivity index (χ2n) is 5.32. The lowest BCUT2D eigenvalue weighted by Crippen LogP contribution is -2.20. The number of esters is 1. The predicted octanol–water partition coefficient (Wildman–Crippen LogP) is 2.30. The van der Waals surface area contributed by atoms with Crippen LogP contribution in [-0.2, 0) is 27.3 Å². The van der Waals surface area contributed by atoms with Crippen LogP contribution >= 0.6 is 27.3 Å². The van der Waals surface area contributed by atoms with Crippen molar-refractivity contribution in [3.8, 4) is 11.4 Å². The van der Waals surface area contributed by atoms with Crippen molar-refractivity contribution < 1.29 is 14.3 Å². The Labute approximate surface area is 166 Å². The van der Waals surface area contributed by atoms with Gasteiger partial charge in [-0.15, -0.1) is 21.5 Å². The Kier molecular flexibility index (Phi) is 6.24. The van der Waals surface area contributed by atoms with Crippen LogP contribution in [0.1, 0.15) is 12.6 Å². The Morgan fingerprint density at radius 1 is 1.30 bits per heavy atom. The van der Waals surface area contributed by atoms with Gasteiger partial charge < -0.3 is 10.1 Å². The molecule has 0 spiro atoms. The molecule has 9 nitrogen and oxygen atoms in total. The fourth-order valence-corrected chi connectivity index (χ4v) is 3.11. The fraction of sp³-hybridized carbons (Fsp3) is 0.250. The third-order valence-corrected chi connectivity index (χ3v) is 4.60. The first-order chi connectivity index (χ1) is 13.0. The summed E-state index contributed by atoms with van der Waals surface area (Å²) in [5.41, 5.74) is 1.35. The Morgan fingerprint density at radius 2 is 2.07 bits per heavy atom. The Bertz CT molecular complexity index is 940. The third kappa shape index (κ3) is 5.41. The van der Waals surface area contributed by atoms with Crippen molar-refractivity contribution in [3.63, 3.8) is 0 Å². The first kappa shape index (κ1) is 19.1. The molecule has 0 saturated heterocycles. The summed E-state index contributed by atoms with van der Waals surface area (Å²) in [5, 5.41) is 16.8. The summed E-state index contributed by atoms with van der Waals surface area (Å²) in [6, 6.07) is 7.45. The molecule has 1 amide bonds. The number of thiazole rings is 1. The number of ether oxygens (including phenoxy) is 1. The van der Waals surface area contributed by atoms with Crippen LogP contribution < -0.4 is 5.32 Å². The molecule has 140 valence electrons. The molecular formula is C16H15BrN6O3S. The van der Waals surface area contributed by atoms with Crippen LogP contribution in [0.5, 0.6) is 0 Å². The molecule has 27 heavy (non-hydrogen) atoms. The van der Waals surface area contributed by atoms with Crippen LogP contribution in [0, 0.1) is 0 Å². The van der Waals surface area contributed by atoms with E-state index < -0.39 is 0 Å². The zero-order valence-corrected chi connectivity index (χ0v) is 16.7. The Balaban J connectivity index is 1.56. The number of carbonyl (C=O) groups is 2. The Hall–Kier alpha value is -2.66. The van der Waals surface area contributed by atoms with Gasteiger partial charge in [-0.2, -0.15) is 4.80 Å². The molecule has 0 aliphatic carbocycles. The average Bonchev–Trinajstić information content (AvgIpc) is 3.25. The quantitative estimate of drug-likeness (QED) is 0.549. The maximum absolute atomic E-state index is 12.1. The van der Waals surface area contributed by atoms with Gasteiger partial charge in [0, 0.05) is 15.4 Å². The summed E-state index contributed by atoms with van der Waals surface area (Å²) in [6.07, 6.45) is 0.0708. The molecule has 3 rings (SSSR count). The van der Waals surface area contributed by atoms with Crippen LogP contribution in [-0.4, -0.2) is 43.7 Å². The highest BCUT2D eigenvalue weighted by molar-refractivity contribution is 9.10. The molecule has 2 heterocycles. The number of hydrogen-bond donors (Lipinski definition) is 1. The molecule has 0 unspecified atom stereocenters.